The Morgan fingerprint density at radius 2 is 1.77 bits per heavy atom. The van der Waals surface area contributed by atoms with Crippen LogP contribution in [-0.4, -0.2) is 91.0 Å². The van der Waals surface area contributed by atoms with Crippen LogP contribution in [0.2, 0.25) is 0 Å². The lowest BCUT2D eigenvalue weighted by Crippen LogP contribution is -2.38. The number of carboxylic acid groups (broad SMARTS) is 1. The van der Waals surface area contributed by atoms with Gasteiger partial charge in [-0.2, -0.15) is 0 Å². The number of hydrogen-bond acceptors (Lipinski definition) is 9. The molecule has 1 amide bonds. The van der Waals surface area contributed by atoms with Crippen molar-refractivity contribution in [2.45, 2.75) is 6.42 Å². The molecule has 2 aliphatic heterocycles. The Bertz CT molecular complexity index is 1500. The van der Waals surface area contributed by atoms with Crippen LogP contribution in [0, 0.1) is 0 Å². The summed E-state index contributed by atoms with van der Waals surface area (Å²) in [7, 11) is 1.58. The lowest BCUT2D eigenvalue weighted by molar-refractivity contribution is -0.122. The van der Waals surface area contributed by atoms with Crippen molar-refractivity contribution < 1.29 is 33.6 Å². The number of benzene rings is 3. The molecule has 9 nitrogen and oxygen atoms in total. The highest BCUT2D eigenvalue weighted by Gasteiger charge is 2.31. The zero-order chi connectivity index (χ0) is 30.9. The highest BCUT2D eigenvalue weighted by molar-refractivity contribution is 8.26. The van der Waals surface area contributed by atoms with Crippen molar-refractivity contribution in [2.75, 3.05) is 59.9 Å². The van der Waals surface area contributed by atoms with E-state index in [0.717, 1.165) is 60.9 Å². The van der Waals surface area contributed by atoms with Crippen molar-refractivity contribution in [3.8, 4) is 22.6 Å². The second-order valence-corrected chi connectivity index (χ2v) is 11.9. The maximum atomic E-state index is 13.3. The smallest absolute Gasteiger partial charge is 0.335 e. The van der Waals surface area contributed by atoms with Gasteiger partial charge in [-0.15, -0.1) is 0 Å². The molecule has 230 valence electrons. The summed E-state index contributed by atoms with van der Waals surface area (Å²) in [5.41, 5.74) is 3.86. The standard InChI is InChI=1S/C33H34N2O7S2/c1-39-22-42-27-9-7-25(8-10-27)28-20-24(4-11-29(28)41-19-16-34-14-17-40-18-15-34)21-30-31(36)35(33(43)44-30)13-12-23-2-5-26(6-3-23)32(37)38/h2-11,20-21H,12-19,22H2,1H3,(H,37,38). The van der Waals surface area contributed by atoms with Crippen molar-refractivity contribution in [1.29, 1.82) is 0 Å². The summed E-state index contributed by atoms with van der Waals surface area (Å²) in [5, 5.41) is 9.12. The topological polar surface area (TPSA) is 97.8 Å². The fourth-order valence-corrected chi connectivity index (χ4v) is 6.16. The first-order valence-electron chi connectivity index (χ1n) is 14.3. The van der Waals surface area contributed by atoms with Crippen molar-refractivity contribution >= 4 is 46.3 Å². The maximum absolute atomic E-state index is 13.3. The number of thioether (sulfide) groups is 1. The van der Waals surface area contributed by atoms with Crippen molar-refractivity contribution in [3.63, 3.8) is 0 Å². The molecule has 44 heavy (non-hydrogen) atoms. The van der Waals surface area contributed by atoms with E-state index in [0.29, 0.717) is 34.5 Å². The second-order valence-electron chi connectivity index (χ2n) is 10.2. The van der Waals surface area contributed by atoms with E-state index in [1.54, 1.807) is 36.3 Å². The van der Waals surface area contributed by atoms with Crippen LogP contribution >= 0.6 is 24.0 Å². The Morgan fingerprint density at radius 1 is 1.02 bits per heavy atom. The molecule has 2 fully saturated rings. The summed E-state index contributed by atoms with van der Waals surface area (Å²) in [6.45, 7) is 5.19. The molecular weight excluding hydrogens is 601 g/mol. The minimum Gasteiger partial charge on any atom is -0.492 e. The lowest BCUT2D eigenvalue weighted by atomic mass is 10.0. The SMILES string of the molecule is COCOc1ccc(-c2cc(C=C3SC(=S)N(CCc4ccc(C(=O)O)cc4)C3=O)ccc2OCCN2CCOCC2)cc1. The minimum atomic E-state index is -0.970. The molecule has 0 atom stereocenters. The number of carboxylic acids is 1. The summed E-state index contributed by atoms with van der Waals surface area (Å²) >= 11 is 6.82. The third kappa shape index (κ3) is 8.25. The molecule has 0 saturated carbocycles. The van der Waals surface area contributed by atoms with Gasteiger partial charge in [-0.25, -0.2) is 4.79 Å². The Morgan fingerprint density at radius 3 is 2.48 bits per heavy atom. The Kier molecular flexibility index (Phi) is 11.0. The molecule has 0 spiro atoms. The molecule has 0 aliphatic carbocycles. The monoisotopic (exact) mass is 634 g/mol. The van der Waals surface area contributed by atoms with E-state index in [4.69, 9.17) is 36.3 Å². The Hall–Kier alpha value is -3.74. The number of carbonyl (C=O) groups excluding carboxylic acids is 1. The van der Waals surface area contributed by atoms with Gasteiger partial charge in [-0.3, -0.25) is 14.6 Å². The highest BCUT2D eigenvalue weighted by Crippen LogP contribution is 2.36. The number of methoxy groups -OCH3 is 1. The first kappa shape index (κ1) is 31.7. The second kappa shape index (κ2) is 15.3. The van der Waals surface area contributed by atoms with E-state index in [2.05, 4.69) is 4.90 Å². The predicted molar refractivity (Wildman–Crippen MR) is 174 cm³/mol. The quantitative estimate of drug-likeness (QED) is 0.154. The van der Waals surface area contributed by atoms with E-state index >= 15 is 0 Å². The third-order valence-electron chi connectivity index (χ3n) is 7.28. The molecule has 0 unspecified atom stereocenters. The lowest BCUT2D eigenvalue weighted by Gasteiger charge is -2.26. The largest absolute Gasteiger partial charge is 0.492 e. The first-order valence-corrected chi connectivity index (χ1v) is 15.5. The maximum Gasteiger partial charge on any atom is 0.335 e. The molecule has 11 heteroatoms. The fourth-order valence-electron chi connectivity index (χ4n) is 4.86. The Balaban J connectivity index is 1.31. The van der Waals surface area contributed by atoms with E-state index in [1.807, 2.05) is 48.5 Å². The van der Waals surface area contributed by atoms with Gasteiger partial charge in [0, 0.05) is 38.9 Å². The number of nitrogens with zero attached hydrogens (tertiary/aromatic N) is 2. The van der Waals surface area contributed by atoms with Crippen molar-refractivity contribution in [2.24, 2.45) is 0 Å². The van der Waals surface area contributed by atoms with Crippen molar-refractivity contribution in [1.82, 2.24) is 9.80 Å². The molecule has 2 heterocycles. The third-order valence-corrected chi connectivity index (χ3v) is 8.66. The number of thiocarbonyl (C=S) groups is 1. The van der Waals surface area contributed by atoms with E-state index in [1.165, 1.54) is 11.8 Å². The predicted octanol–water partition coefficient (Wildman–Crippen LogP) is 5.19. The van der Waals surface area contributed by atoms with Crippen LogP contribution in [0.4, 0.5) is 0 Å². The van der Waals surface area contributed by atoms with Gasteiger partial charge in [0.25, 0.3) is 5.91 Å². The Labute approximate surface area is 266 Å². The van der Waals surface area contributed by atoms with Crippen LogP contribution in [0.5, 0.6) is 11.5 Å². The average molecular weight is 635 g/mol. The highest BCUT2D eigenvalue weighted by atomic mass is 32.2. The van der Waals surface area contributed by atoms with Crippen LogP contribution < -0.4 is 9.47 Å². The number of aromatic carboxylic acids is 1. The molecule has 3 aromatic carbocycles. The number of hydrogen-bond donors (Lipinski definition) is 1. The number of carbonyl (C=O) groups is 2. The average Bonchev–Trinajstić information content (AvgIpc) is 3.31. The van der Waals surface area contributed by atoms with E-state index in [-0.39, 0.29) is 18.3 Å². The summed E-state index contributed by atoms with van der Waals surface area (Å²) in [5.74, 6) is 0.335. The van der Waals surface area contributed by atoms with Gasteiger partial charge in [0.15, 0.2) is 6.79 Å². The first-order chi connectivity index (χ1) is 21.4. The van der Waals surface area contributed by atoms with Gasteiger partial charge in [0.05, 0.1) is 23.7 Å². The number of amides is 1. The number of rotatable bonds is 13. The van der Waals surface area contributed by atoms with E-state index in [9.17, 15) is 9.59 Å². The molecule has 3 aromatic rings. The van der Waals surface area contributed by atoms with Crippen LogP contribution in [0.1, 0.15) is 21.5 Å². The van der Waals surface area contributed by atoms with Crippen LogP contribution in [-0.2, 0) is 20.7 Å². The molecular formula is C33H34N2O7S2. The van der Waals surface area contributed by atoms with Crippen LogP contribution in [0.25, 0.3) is 17.2 Å². The summed E-state index contributed by atoms with van der Waals surface area (Å²) in [6, 6.07) is 20.3. The van der Waals surface area contributed by atoms with Gasteiger partial charge < -0.3 is 24.1 Å². The van der Waals surface area contributed by atoms with Crippen LogP contribution in [0.3, 0.4) is 0 Å². The minimum absolute atomic E-state index is 0.144. The zero-order valence-corrected chi connectivity index (χ0v) is 26.0. The molecule has 2 saturated heterocycles. The summed E-state index contributed by atoms with van der Waals surface area (Å²) in [6.07, 6.45) is 2.42. The van der Waals surface area contributed by atoms with Gasteiger partial charge >= 0.3 is 5.97 Å². The molecule has 1 N–H and O–H groups in total. The van der Waals surface area contributed by atoms with Crippen molar-refractivity contribution in [3.05, 3.63) is 88.3 Å². The van der Waals surface area contributed by atoms with Gasteiger partial charge in [0.1, 0.15) is 22.4 Å². The zero-order valence-electron chi connectivity index (χ0n) is 24.4. The summed E-state index contributed by atoms with van der Waals surface area (Å²) < 4.78 is 22.8. The molecule has 2 aliphatic rings. The fraction of sp³-hybridized carbons (Fsp3) is 0.303. The van der Waals surface area contributed by atoms with Gasteiger partial charge in [-0.05, 0) is 65.6 Å². The number of ether oxygens (including phenoxy) is 4. The van der Waals surface area contributed by atoms with Gasteiger partial charge in [0.2, 0.25) is 0 Å². The molecule has 5 rings (SSSR count). The van der Waals surface area contributed by atoms with E-state index < -0.39 is 5.97 Å². The molecule has 0 bridgehead atoms. The van der Waals surface area contributed by atoms with Crippen LogP contribution in [0.15, 0.2) is 71.6 Å². The molecule has 0 aromatic heterocycles. The summed E-state index contributed by atoms with van der Waals surface area (Å²) in [4.78, 5) is 28.9. The van der Waals surface area contributed by atoms with Gasteiger partial charge in [-0.1, -0.05) is 54.3 Å². The number of morpholine rings is 1. The molecule has 0 radical (unpaired) electrons. The normalized spacial score (nSPS) is 16.5.